The Morgan fingerprint density at radius 1 is 1.21 bits per heavy atom. The molecule has 9 nitrogen and oxygen atoms in total. The summed E-state index contributed by atoms with van der Waals surface area (Å²) in [6.07, 6.45) is 0.300. The summed E-state index contributed by atoms with van der Waals surface area (Å²) in [6.45, 7) is 2.56. The predicted octanol–water partition coefficient (Wildman–Crippen LogP) is 3.98. The number of rotatable bonds is 10. The molecule has 0 aliphatic heterocycles. The summed E-state index contributed by atoms with van der Waals surface area (Å²) in [5.74, 6) is -1.78. The molecular weight excluding hydrogens is 478 g/mol. The minimum Gasteiger partial charge on any atom is -0.452 e. The Labute approximate surface area is 203 Å². The molecule has 0 saturated heterocycles. The predicted molar refractivity (Wildman–Crippen MR) is 127 cm³/mol. The molecule has 0 bridgehead atoms. The third-order valence-electron chi connectivity index (χ3n) is 4.63. The second-order valence-electron chi connectivity index (χ2n) is 7.29. The number of esters is 1. The lowest BCUT2D eigenvalue weighted by atomic mass is 10.0. The number of aryl methyl sites for hydroxylation is 1. The Morgan fingerprint density at radius 3 is 2.56 bits per heavy atom. The second kappa shape index (κ2) is 11.5. The molecule has 1 N–H and O–H groups in total. The number of hydrogen-bond acceptors (Lipinski definition) is 9. The number of non-ortho nitro benzene ring substituents is 1. The number of nitrogens with one attached hydrogen (secondary N) is 1. The fraction of sp³-hybridized carbons (Fsp3) is 0.217. The van der Waals surface area contributed by atoms with E-state index in [1.165, 1.54) is 42.2 Å². The standard InChI is InChI=1S/C23H21N3O6S2/c1-14-13-33-23(24-14)34-20-9-8-17(26(30)31)11-18(20)22(29)32-12-21(28)25-19(15(2)27)10-16-6-4-3-5-7-16/h3-9,11,13,19H,10,12H2,1-2H3,(H,25,28). The van der Waals surface area contributed by atoms with Crippen molar-refractivity contribution in [3.63, 3.8) is 0 Å². The van der Waals surface area contributed by atoms with Crippen molar-refractivity contribution in [2.75, 3.05) is 6.61 Å². The third-order valence-corrected chi connectivity index (χ3v) is 6.76. The SMILES string of the molecule is CC(=O)C(Cc1ccccc1)NC(=O)COC(=O)c1cc([N+](=O)[O-])ccc1Sc1nc(C)cs1. The van der Waals surface area contributed by atoms with Crippen molar-refractivity contribution in [3.05, 3.63) is 80.8 Å². The molecule has 0 radical (unpaired) electrons. The monoisotopic (exact) mass is 499 g/mol. The molecule has 34 heavy (non-hydrogen) atoms. The number of nitrogens with zero attached hydrogens (tertiary/aromatic N) is 2. The lowest BCUT2D eigenvalue weighted by Gasteiger charge is -2.16. The number of aromatic nitrogens is 1. The van der Waals surface area contributed by atoms with Gasteiger partial charge in [0.05, 0.1) is 16.5 Å². The zero-order valence-electron chi connectivity index (χ0n) is 18.3. The van der Waals surface area contributed by atoms with Gasteiger partial charge < -0.3 is 10.1 Å². The minimum atomic E-state index is -0.892. The molecule has 0 aliphatic rings. The molecule has 3 rings (SSSR count). The van der Waals surface area contributed by atoms with Crippen molar-refractivity contribution >= 4 is 46.4 Å². The van der Waals surface area contributed by atoms with Crippen molar-refractivity contribution in [2.45, 2.75) is 35.5 Å². The van der Waals surface area contributed by atoms with E-state index in [4.69, 9.17) is 4.74 Å². The lowest BCUT2D eigenvalue weighted by Crippen LogP contribution is -2.43. The van der Waals surface area contributed by atoms with E-state index in [0.717, 1.165) is 17.3 Å². The van der Waals surface area contributed by atoms with Gasteiger partial charge in [-0.15, -0.1) is 11.3 Å². The molecule has 11 heteroatoms. The van der Waals surface area contributed by atoms with E-state index in [1.54, 1.807) is 0 Å². The fourth-order valence-electron chi connectivity index (χ4n) is 2.94. The summed E-state index contributed by atoms with van der Waals surface area (Å²) in [6, 6.07) is 12.3. The van der Waals surface area contributed by atoms with Gasteiger partial charge >= 0.3 is 5.97 Å². The summed E-state index contributed by atoms with van der Waals surface area (Å²) < 4.78 is 5.78. The Hall–Kier alpha value is -3.57. The second-order valence-corrected chi connectivity index (χ2v) is 9.44. The number of hydrogen-bond donors (Lipinski definition) is 1. The first-order valence-corrected chi connectivity index (χ1v) is 11.8. The average molecular weight is 500 g/mol. The van der Waals surface area contributed by atoms with Crippen LogP contribution in [-0.2, 0) is 20.7 Å². The van der Waals surface area contributed by atoms with E-state index in [9.17, 15) is 24.5 Å². The van der Waals surface area contributed by atoms with Crippen LogP contribution >= 0.6 is 23.1 Å². The van der Waals surface area contributed by atoms with Crippen molar-refractivity contribution in [1.29, 1.82) is 0 Å². The van der Waals surface area contributed by atoms with Gasteiger partial charge in [0.25, 0.3) is 11.6 Å². The molecule has 2 aromatic carbocycles. The number of thiazole rings is 1. The average Bonchev–Trinajstić information content (AvgIpc) is 3.22. The first kappa shape index (κ1) is 25.1. The first-order valence-electron chi connectivity index (χ1n) is 10.1. The molecule has 1 unspecified atom stereocenters. The Balaban J connectivity index is 1.68. The van der Waals surface area contributed by atoms with Crippen LogP contribution in [0.4, 0.5) is 5.69 Å². The summed E-state index contributed by atoms with van der Waals surface area (Å²) >= 11 is 2.55. The van der Waals surface area contributed by atoms with Crippen molar-refractivity contribution in [3.8, 4) is 0 Å². The zero-order chi connectivity index (χ0) is 24.7. The number of ketones is 1. The van der Waals surface area contributed by atoms with E-state index in [2.05, 4.69) is 10.3 Å². The number of carbonyl (C=O) groups excluding carboxylic acids is 3. The highest BCUT2D eigenvalue weighted by Crippen LogP contribution is 2.34. The number of ether oxygens (including phenoxy) is 1. The van der Waals surface area contributed by atoms with Crippen LogP contribution in [0, 0.1) is 17.0 Å². The Kier molecular flexibility index (Phi) is 8.50. The molecule has 0 aliphatic carbocycles. The van der Waals surface area contributed by atoms with Crippen molar-refractivity contribution < 1.29 is 24.0 Å². The Bertz CT molecular complexity index is 1210. The van der Waals surface area contributed by atoms with Gasteiger partial charge in [-0.05, 0) is 31.9 Å². The van der Waals surface area contributed by atoms with Gasteiger partial charge in [0, 0.05) is 28.1 Å². The van der Waals surface area contributed by atoms with Crippen molar-refractivity contribution in [2.24, 2.45) is 0 Å². The van der Waals surface area contributed by atoms with Gasteiger partial charge in [-0.25, -0.2) is 9.78 Å². The van der Waals surface area contributed by atoms with Crippen LogP contribution in [0.25, 0.3) is 0 Å². The maximum absolute atomic E-state index is 12.7. The van der Waals surface area contributed by atoms with Gasteiger partial charge in [0.1, 0.15) is 0 Å². The van der Waals surface area contributed by atoms with Crippen molar-refractivity contribution in [1.82, 2.24) is 10.3 Å². The first-order chi connectivity index (χ1) is 16.2. The van der Waals surface area contributed by atoms with Crippen LogP contribution < -0.4 is 5.32 Å². The molecule has 1 amide bonds. The highest BCUT2D eigenvalue weighted by Gasteiger charge is 2.22. The highest BCUT2D eigenvalue weighted by molar-refractivity contribution is 8.01. The molecule has 0 saturated carbocycles. The summed E-state index contributed by atoms with van der Waals surface area (Å²) in [4.78, 5) is 52.4. The molecule has 176 valence electrons. The van der Waals surface area contributed by atoms with Gasteiger partial charge in [-0.1, -0.05) is 42.1 Å². The molecule has 0 spiro atoms. The Morgan fingerprint density at radius 2 is 1.94 bits per heavy atom. The number of nitro benzene ring substituents is 1. The van der Waals surface area contributed by atoms with Crippen LogP contribution in [0.15, 0.2) is 63.1 Å². The molecular formula is C23H21N3O6S2. The lowest BCUT2D eigenvalue weighted by molar-refractivity contribution is -0.384. The normalized spacial score (nSPS) is 11.5. The van der Waals surface area contributed by atoms with Crippen LogP contribution in [-0.4, -0.2) is 40.2 Å². The molecule has 1 aromatic heterocycles. The van der Waals surface area contributed by atoms with Gasteiger partial charge in [0.15, 0.2) is 16.7 Å². The van der Waals surface area contributed by atoms with Crippen LogP contribution in [0.2, 0.25) is 0 Å². The van der Waals surface area contributed by atoms with Crippen LogP contribution in [0.3, 0.4) is 0 Å². The maximum atomic E-state index is 12.7. The van der Waals surface area contributed by atoms with E-state index < -0.39 is 29.4 Å². The summed E-state index contributed by atoms with van der Waals surface area (Å²) in [7, 11) is 0. The smallest absolute Gasteiger partial charge is 0.340 e. The fourth-order valence-corrected chi connectivity index (χ4v) is 4.84. The summed E-state index contributed by atoms with van der Waals surface area (Å²) in [5, 5.41) is 15.6. The summed E-state index contributed by atoms with van der Waals surface area (Å²) in [5.41, 5.74) is 1.35. The number of Topliss-reactive ketones (excluding diaryl/α,β-unsaturated/α-hetero) is 1. The molecule has 0 fully saturated rings. The van der Waals surface area contributed by atoms with E-state index >= 15 is 0 Å². The maximum Gasteiger partial charge on any atom is 0.340 e. The van der Waals surface area contributed by atoms with E-state index in [-0.39, 0.29) is 17.0 Å². The highest BCUT2D eigenvalue weighted by atomic mass is 32.2. The van der Waals surface area contributed by atoms with Crippen LogP contribution in [0.5, 0.6) is 0 Å². The van der Waals surface area contributed by atoms with Gasteiger partial charge in [-0.3, -0.25) is 19.7 Å². The van der Waals surface area contributed by atoms with E-state index in [1.807, 2.05) is 42.6 Å². The molecule has 3 aromatic rings. The number of carbonyl (C=O) groups is 3. The topological polar surface area (TPSA) is 128 Å². The molecule has 1 atom stereocenters. The largest absolute Gasteiger partial charge is 0.452 e. The number of nitro groups is 1. The van der Waals surface area contributed by atoms with Crippen LogP contribution in [0.1, 0.15) is 28.5 Å². The quantitative estimate of drug-likeness (QED) is 0.252. The minimum absolute atomic E-state index is 0.0488. The van der Waals surface area contributed by atoms with E-state index in [0.29, 0.717) is 15.7 Å². The number of amides is 1. The van der Waals surface area contributed by atoms with Gasteiger partial charge in [-0.2, -0.15) is 0 Å². The zero-order valence-corrected chi connectivity index (χ0v) is 20.0. The molecule has 1 heterocycles. The van der Waals surface area contributed by atoms with Gasteiger partial charge in [0.2, 0.25) is 0 Å². The number of benzene rings is 2. The third kappa shape index (κ3) is 6.96.